The maximum absolute atomic E-state index is 12.9. The summed E-state index contributed by atoms with van der Waals surface area (Å²) < 4.78 is 18.2. The molecule has 2 amide bonds. The Kier molecular flexibility index (Phi) is 6.24. The van der Waals surface area contributed by atoms with Gasteiger partial charge in [-0.15, -0.1) is 0 Å². The number of amides is 2. The van der Waals surface area contributed by atoms with E-state index in [0.717, 1.165) is 0 Å². The first-order valence-corrected chi connectivity index (χ1v) is 8.73. The van der Waals surface area contributed by atoms with E-state index in [2.05, 4.69) is 10.6 Å². The van der Waals surface area contributed by atoms with Gasteiger partial charge in [-0.1, -0.05) is 23.7 Å². The molecule has 0 radical (unpaired) electrons. The van der Waals surface area contributed by atoms with Crippen molar-refractivity contribution in [3.05, 3.63) is 89.2 Å². The Bertz CT molecular complexity index is 976. The summed E-state index contributed by atoms with van der Waals surface area (Å²) in [5, 5.41) is 5.97. The second-order valence-corrected chi connectivity index (χ2v) is 6.23. The number of halogens is 2. The molecule has 7 heteroatoms. The van der Waals surface area contributed by atoms with Gasteiger partial charge in [0.25, 0.3) is 11.8 Å². The van der Waals surface area contributed by atoms with E-state index in [1.165, 1.54) is 24.3 Å². The van der Waals surface area contributed by atoms with Crippen molar-refractivity contribution in [3.8, 4) is 5.75 Å². The SMILES string of the molecule is O=C(COc1ccc(F)cc1)Nc1ccccc1NC(=O)c1ccc(Cl)cc1. The zero-order valence-electron chi connectivity index (χ0n) is 14.6. The highest BCUT2D eigenvalue weighted by atomic mass is 35.5. The lowest BCUT2D eigenvalue weighted by Gasteiger charge is -2.13. The van der Waals surface area contributed by atoms with Gasteiger partial charge in [0.05, 0.1) is 11.4 Å². The fraction of sp³-hybridized carbons (Fsp3) is 0.0476. The van der Waals surface area contributed by atoms with Crippen LogP contribution >= 0.6 is 11.6 Å². The number of benzene rings is 3. The summed E-state index contributed by atoms with van der Waals surface area (Å²) in [5.74, 6) is -0.763. The zero-order chi connectivity index (χ0) is 19.9. The van der Waals surface area contributed by atoms with Crippen molar-refractivity contribution in [1.29, 1.82) is 0 Å². The maximum Gasteiger partial charge on any atom is 0.262 e. The molecule has 3 aromatic rings. The topological polar surface area (TPSA) is 67.4 Å². The smallest absolute Gasteiger partial charge is 0.262 e. The van der Waals surface area contributed by atoms with Gasteiger partial charge >= 0.3 is 0 Å². The molecule has 3 aromatic carbocycles. The average molecular weight is 399 g/mol. The molecule has 0 aliphatic heterocycles. The summed E-state index contributed by atoms with van der Waals surface area (Å²) in [6.07, 6.45) is 0. The summed E-state index contributed by atoms with van der Waals surface area (Å²) in [6, 6.07) is 18.6. The van der Waals surface area contributed by atoms with E-state index in [1.807, 2.05) is 0 Å². The minimum Gasteiger partial charge on any atom is -0.484 e. The van der Waals surface area contributed by atoms with Crippen LogP contribution in [-0.4, -0.2) is 18.4 Å². The number of carbonyl (C=O) groups excluding carboxylic acids is 2. The first-order valence-electron chi connectivity index (χ1n) is 8.35. The summed E-state index contributed by atoms with van der Waals surface area (Å²) >= 11 is 5.83. The Morgan fingerprint density at radius 1 is 0.857 bits per heavy atom. The van der Waals surface area contributed by atoms with E-state index in [1.54, 1.807) is 48.5 Å². The number of ether oxygens (including phenoxy) is 1. The Morgan fingerprint density at radius 2 is 1.46 bits per heavy atom. The van der Waals surface area contributed by atoms with Gasteiger partial charge in [-0.05, 0) is 60.7 Å². The molecule has 0 bridgehead atoms. The van der Waals surface area contributed by atoms with Crippen molar-refractivity contribution in [2.45, 2.75) is 0 Å². The first-order chi connectivity index (χ1) is 13.5. The summed E-state index contributed by atoms with van der Waals surface area (Å²) in [4.78, 5) is 24.5. The van der Waals surface area contributed by atoms with Gasteiger partial charge < -0.3 is 15.4 Å². The number of rotatable bonds is 6. The highest BCUT2D eigenvalue weighted by molar-refractivity contribution is 6.30. The molecule has 3 rings (SSSR count). The van der Waals surface area contributed by atoms with Crippen molar-refractivity contribution in [1.82, 2.24) is 0 Å². The molecule has 0 aliphatic carbocycles. The monoisotopic (exact) mass is 398 g/mol. The predicted molar refractivity (Wildman–Crippen MR) is 106 cm³/mol. The van der Waals surface area contributed by atoms with Crippen LogP contribution in [0.5, 0.6) is 5.75 Å². The first kappa shape index (κ1) is 19.4. The minimum absolute atomic E-state index is 0.259. The molecule has 0 atom stereocenters. The van der Waals surface area contributed by atoms with Crippen molar-refractivity contribution in [2.24, 2.45) is 0 Å². The van der Waals surface area contributed by atoms with Gasteiger partial charge in [0.15, 0.2) is 6.61 Å². The van der Waals surface area contributed by atoms with Crippen LogP contribution in [0, 0.1) is 5.82 Å². The van der Waals surface area contributed by atoms with Crippen LogP contribution in [0.25, 0.3) is 0 Å². The van der Waals surface area contributed by atoms with Crippen LogP contribution in [-0.2, 0) is 4.79 Å². The van der Waals surface area contributed by atoms with E-state index in [0.29, 0.717) is 27.7 Å². The Morgan fingerprint density at radius 3 is 2.11 bits per heavy atom. The van der Waals surface area contributed by atoms with Gasteiger partial charge in [0, 0.05) is 10.6 Å². The number of hydrogen-bond acceptors (Lipinski definition) is 3. The highest BCUT2D eigenvalue weighted by Crippen LogP contribution is 2.22. The van der Waals surface area contributed by atoms with Crippen LogP contribution in [0.1, 0.15) is 10.4 Å². The zero-order valence-corrected chi connectivity index (χ0v) is 15.4. The summed E-state index contributed by atoms with van der Waals surface area (Å²) in [7, 11) is 0. The number of hydrogen-bond donors (Lipinski definition) is 2. The fourth-order valence-electron chi connectivity index (χ4n) is 2.36. The molecule has 0 aromatic heterocycles. The molecular weight excluding hydrogens is 383 g/mol. The van der Waals surface area contributed by atoms with Crippen molar-refractivity contribution in [2.75, 3.05) is 17.2 Å². The average Bonchev–Trinajstić information content (AvgIpc) is 2.69. The third-order valence-electron chi connectivity index (χ3n) is 3.74. The Balaban J connectivity index is 1.62. The minimum atomic E-state index is -0.419. The molecule has 0 saturated carbocycles. The molecule has 28 heavy (non-hydrogen) atoms. The Labute approximate surface area is 166 Å². The number of anilines is 2. The molecule has 142 valence electrons. The van der Waals surface area contributed by atoms with E-state index in [4.69, 9.17) is 16.3 Å². The molecule has 5 nitrogen and oxygen atoms in total. The second kappa shape index (κ2) is 9.01. The number of carbonyl (C=O) groups is 2. The van der Waals surface area contributed by atoms with Crippen LogP contribution in [0.15, 0.2) is 72.8 Å². The molecule has 0 aliphatic rings. The van der Waals surface area contributed by atoms with Crippen LogP contribution in [0.3, 0.4) is 0 Å². The van der Waals surface area contributed by atoms with Crippen LogP contribution < -0.4 is 15.4 Å². The molecule has 0 fully saturated rings. The largest absolute Gasteiger partial charge is 0.484 e. The summed E-state index contributed by atoms with van der Waals surface area (Å²) in [5.41, 5.74) is 1.31. The van der Waals surface area contributed by atoms with Gasteiger partial charge in [-0.25, -0.2) is 4.39 Å². The molecule has 2 N–H and O–H groups in total. The molecule has 0 spiro atoms. The highest BCUT2D eigenvalue weighted by Gasteiger charge is 2.11. The molecule has 0 saturated heterocycles. The lowest BCUT2D eigenvalue weighted by Crippen LogP contribution is -2.21. The summed E-state index contributed by atoms with van der Waals surface area (Å²) in [6.45, 7) is -0.259. The lowest BCUT2D eigenvalue weighted by atomic mass is 10.2. The van der Waals surface area contributed by atoms with Gasteiger partial charge in [0.1, 0.15) is 11.6 Å². The van der Waals surface area contributed by atoms with E-state index in [-0.39, 0.29) is 18.3 Å². The van der Waals surface area contributed by atoms with E-state index >= 15 is 0 Å². The maximum atomic E-state index is 12.9. The van der Waals surface area contributed by atoms with Crippen LogP contribution in [0.2, 0.25) is 5.02 Å². The molecule has 0 unspecified atom stereocenters. The molecule has 0 heterocycles. The number of para-hydroxylation sites is 2. The third-order valence-corrected chi connectivity index (χ3v) is 3.99. The van der Waals surface area contributed by atoms with E-state index in [9.17, 15) is 14.0 Å². The van der Waals surface area contributed by atoms with Crippen molar-refractivity contribution >= 4 is 34.8 Å². The quantitative estimate of drug-likeness (QED) is 0.629. The predicted octanol–water partition coefficient (Wildman–Crippen LogP) is 4.75. The lowest BCUT2D eigenvalue weighted by molar-refractivity contribution is -0.118. The van der Waals surface area contributed by atoms with Gasteiger partial charge in [-0.2, -0.15) is 0 Å². The standard InChI is InChI=1S/C21H16ClFN2O3/c22-15-7-5-14(6-8-15)21(27)25-19-4-2-1-3-18(19)24-20(26)13-28-17-11-9-16(23)10-12-17/h1-12H,13H2,(H,24,26)(H,25,27). The van der Waals surface area contributed by atoms with Gasteiger partial charge in [0.2, 0.25) is 0 Å². The van der Waals surface area contributed by atoms with Gasteiger partial charge in [-0.3, -0.25) is 9.59 Å². The molecular formula is C21H16ClFN2O3. The third kappa shape index (κ3) is 5.31. The van der Waals surface area contributed by atoms with Crippen molar-refractivity contribution in [3.63, 3.8) is 0 Å². The van der Waals surface area contributed by atoms with Crippen molar-refractivity contribution < 1.29 is 18.7 Å². The van der Waals surface area contributed by atoms with Crippen LogP contribution in [0.4, 0.5) is 15.8 Å². The fourth-order valence-corrected chi connectivity index (χ4v) is 2.49. The normalized spacial score (nSPS) is 10.2. The Hall–Kier alpha value is -3.38. The van der Waals surface area contributed by atoms with E-state index < -0.39 is 5.91 Å². The second-order valence-electron chi connectivity index (χ2n) is 5.80. The number of nitrogens with one attached hydrogen (secondary N) is 2.